The van der Waals surface area contributed by atoms with E-state index in [0.717, 1.165) is 12.0 Å². The Hall–Kier alpha value is -5.04. The quantitative estimate of drug-likeness (QED) is 0.147. The number of methoxy groups -OCH3 is 1. The van der Waals surface area contributed by atoms with Gasteiger partial charge in [-0.15, -0.1) is 0 Å². The zero-order valence-corrected chi connectivity index (χ0v) is 31.8. The van der Waals surface area contributed by atoms with E-state index in [4.69, 9.17) is 14.2 Å². The summed E-state index contributed by atoms with van der Waals surface area (Å²) in [5, 5.41) is 9.91. The maximum absolute atomic E-state index is 16.5. The maximum atomic E-state index is 16.5. The maximum Gasteiger partial charge on any atom is 0.266 e. The number of amides is 3. The third-order valence-corrected chi connectivity index (χ3v) is 14.1. The van der Waals surface area contributed by atoms with Gasteiger partial charge in [-0.05, 0) is 86.1 Å². The highest BCUT2D eigenvalue weighted by atomic mass is 28.4. The van der Waals surface area contributed by atoms with E-state index in [2.05, 4.69) is 0 Å². The van der Waals surface area contributed by atoms with Crippen LogP contribution in [0.1, 0.15) is 47.7 Å². The number of para-hydroxylation sites is 3. The molecule has 5 atom stereocenters. The van der Waals surface area contributed by atoms with Crippen LogP contribution in [0.2, 0.25) is 18.6 Å². The molecule has 3 amide bonds. The average Bonchev–Trinajstić information content (AvgIpc) is 3.80. The van der Waals surface area contributed by atoms with E-state index < -0.39 is 31.6 Å². The molecular weight excluding hydrogens is 706 g/mol. The van der Waals surface area contributed by atoms with Gasteiger partial charge in [0.15, 0.2) is 11.4 Å². The summed E-state index contributed by atoms with van der Waals surface area (Å²) >= 11 is 0. The molecular formula is C42H44FN3O7Si. The molecule has 54 heavy (non-hydrogen) atoms. The van der Waals surface area contributed by atoms with Gasteiger partial charge < -0.3 is 33.2 Å². The third-order valence-electron chi connectivity index (χ3n) is 11.6. The monoisotopic (exact) mass is 749 g/mol. The summed E-state index contributed by atoms with van der Waals surface area (Å²) in [6, 6.07) is 27.1. The summed E-state index contributed by atoms with van der Waals surface area (Å²) in [4.78, 5) is 47.9. The Morgan fingerprint density at radius 2 is 1.74 bits per heavy atom. The fraction of sp³-hybridized carbons (Fsp3) is 0.357. The number of anilines is 3. The summed E-state index contributed by atoms with van der Waals surface area (Å²) in [6.07, 6.45) is 0.573. The minimum Gasteiger partial charge on any atom is -0.497 e. The third kappa shape index (κ3) is 5.78. The van der Waals surface area contributed by atoms with Gasteiger partial charge >= 0.3 is 0 Å². The molecule has 0 aliphatic carbocycles. The Balaban J connectivity index is 1.16. The van der Waals surface area contributed by atoms with Gasteiger partial charge in [0.2, 0.25) is 14.3 Å². The van der Waals surface area contributed by atoms with Crippen LogP contribution in [0.4, 0.5) is 21.2 Å². The number of hydrogen-bond donors (Lipinski definition) is 1. The number of aliphatic hydroxyl groups is 1. The van der Waals surface area contributed by atoms with Crippen molar-refractivity contribution in [2.24, 2.45) is 5.92 Å². The molecule has 4 aliphatic rings. The number of aliphatic hydroxyl groups excluding tert-OH is 1. The molecule has 10 nitrogen and oxygen atoms in total. The van der Waals surface area contributed by atoms with E-state index in [1.54, 1.807) is 65.2 Å². The Bertz CT molecular complexity index is 2140. The van der Waals surface area contributed by atoms with E-state index in [-0.39, 0.29) is 43.3 Å². The van der Waals surface area contributed by atoms with Crippen LogP contribution in [0.5, 0.6) is 17.2 Å². The van der Waals surface area contributed by atoms with Crippen molar-refractivity contribution >= 4 is 43.2 Å². The predicted molar refractivity (Wildman–Crippen MR) is 205 cm³/mol. The van der Waals surface area contributed by atoms with E-state index >= 15 is 8.90 Å². The number of fused-ring (bicyclic) bond motifs is 4. The highest BCUT2D eigenvalue weighted by Crippen LogP contribution is 2.61. The van der Waals surface area contributed by atoms with Crippen molar-refractivity contribution in [3.8, 4) is 17.2 Å². The second kappa shape index (κ2) is 13.7. The van der Waals surface area contributed by atoms with Crippen LogP contribution in [0.3, 0.4) is 0 Å². The van der Waals surface area contributed by atoms with Crippen LogP contribution in [0, 0.1) is 5.92 Å². The molecule has 12 heteroatoms. The first-order chi connectivity index (χ1) is 26.0. The SMILES string of the molecule is COc1ccc2c(c1)[C@@]1(O[C@H](CC(=O)N3CCC[C@H]3CO)[C@@H]([Si](C)(C)F)[C@@H]1C)C(=O)N2Cc1cccc(N2C(=O)c3ccccc3Oc3ccccc32)c1. The van der Waals surface area contributed by atoms with Crippen LogP contribution in [-0.4, -0.2) is 68.5 Å². The van der Waals surface area contributed by atoms with Gasteiger partial charge in [0.05, 0.1) is 55.8 Å². The lowest BCUT2D eigenvalue weighted by Gasteiger charge is -2.31. The summed E-state index contributed by atoms with van der Waals surface area (Å²) in [7, 11) is -1.98. The topological polar surface area (TPSA) is 109 Å². The van der Waals surface area contributed by atoms with Crippen molar-refractivity contribution in [3.05, 3.63) is 108 Å². The summed E-state index contributed by atoms with van der Waals surface area (Å²) < 4.78 is 35.2. The molecule has 1 spiro atoms. The van der Waals surface area contributed by atoms with Crippen LogP contribution >= 0.6 is 0 Å². The molecule has 0 bridgehead atoms. The highest BCUT2D eigenvalue weighted by Gasteiger charge is 2.67. The summed E-state index contributed by atoms with van der Waals surface area (Å²) in [5.41, 5.74) is 1.32. The number of likely N-dealkylation sites (tertiary alicyclic amines) is 1. The molecule has 0 unspecified atom stereocenters. The molecule has 280 valence electrons. The Labute approximate surface area is 315 Å². The molecule has 2 fully saturated rings. The minimum absolute atomic E-state index is 0.0829. The number of carbonyl (C=O) groups is 3. The Morgan fingerprint density at radius 3 is 2.50 bits per heavy atom. The number of rotatable bonds is 8. The molecule has 0 radical (unpaired) electrons. The predicted octanol–water partition coefficient (Wildman–Crippen LogP) is 7.47. The lowest BCUT2D eigenvalue weighted by Crippen LogP contribution is -2.45. The zero-order valence-electron chi connectivity index (χ0n) is 30.8. The lowest BCUT2D eigenvalue weighted by atomic mass is 9.82. The Morgan fingerprint density at radius 1 is 0.981 bits per heavy atom. The van der Waals surface area contributed by atoms with Crippen molar-refractivity contribution in [1.82, 2.24) is 4.90 Å². The Kier molecular flexibility index (Phi) is 9.10. The summed E-state index contributed by atoms with van der Waals surface area (Å²) in [5.74, 6) is 0.129. The molecule has 4 aromatic rings. The van der Waals surface area contributed by atoms with Crippen LogP contribution in [-0.2, 0) is 26.5 Å². The first-order valence-corrected chi connectivity index (χ1v) is 21.5. The van der Waals surface area contributed by atoms with Gasteiger partial charge in [-0.2, -0.15) is 0 Å². The van der Waals surface area contributed by atoms with Crippen LogP contribution in [0.25, 0.3) is 0 Å². The van der Waals surface area contributed by atoms with Gasteiger partial charge in [-0.25, -0.2) is 0 Å². The number of carbonyl (C=O) groups excluding carboxylic acids is 3. The molecule has 4 aromatic carbocycles. The van der Waals surface area contributed by atoms with Gasteiger partial charge in [0.25, 0.3) is 11.8 Å². The fourth-order valence-corrected chi connectivity index (χ4v) is 11.7. The first-order valence-electron chi connectivity index (χ1n) is 18.5. The second-order valence-corrected chi connectivity index (χ2v) is 19.0. The number of hydrogen-bond acceptors (Lipinski definition) is 7. The lowest BCUT2D eigenvalue weighted by molar-refractivity contribution is -0.150. The van der Waals surface area contributed by atoms with E-state index in [9.17, 15) is 14.7 Å². The average molecular weight is 750 g/mol. The van der Waals surface area contributed by atoms with Gasteiger partial charge in [-0.1, -0.05) is 43.3 Å². The fourth-order valence-electron chi connectivity index (χ4n) is 9.20. The number of nitrogens with zero attached hydrogens (tertiary/aromatic N) is 3. The molecule has 0 aromatic heterocycles. The number of halogens is 1. The van der Waals surface area contributed by atoms with Crippen LogP contribution < -0.4 is 19.3 Å². The van der Waals surface area contributed by atoms with Crippen molar-refractivity contribution in [2.75, 3.05) is 30.1 Å². The molecule has 4 heterocycles. The van der Waals surface area contributed by atoms with Crippen molar-refractivity contribution in [3.63, 3.8) is 0 Å². The normalized spacial score (nSPS) is 24.7. The molecule has 2 saturated heterocycles. The minimum atomic E-state index is -3.53. The second-order valence-electron chi connectivity index (χ2n) is 15.2. The number of benzene rings is 4. The number of ether oxygens (including phenoxy) is 3. The first kappa shape index (κ1) is 36.0. The van der Waals surface area contributed by atoms with Crippen molar-refractivity contribution in [1.29, 1.82) is 0 Å². The standard InChI is InChI=1S/C42H44FN3O7Si/c1-26-39(54(3,4)43)37(23-38(48)44-20-10-13-29(44)25-47)53-42(26)32-22-30(51-2)18-19-33(32)45(41(42)50)24-27-11-9-12-28(21-27)46-34-15-6-8-17-36(34)52-35-16-7-5-14-31(35)40(46)49/h5-9,11-12,14-19,21-22,26,29,37,39,47H,10,13,20,23-25H2,1-4H3/t26-,29-,37+,39-,42+/m0/s1. The molecule has 0 saturated carbocycles. The van der Waals surface area contributed by atoms with Crippen molar-refractivity contribution < 1.29 is 37.8 Å². The highest BCUT2D eigenvalue weighted by molar-refractivity contribution is 6.72. The van der Waals surface area contributed by atoms with Gasteiger partial charge in [-0.3, -0.25) is 19.3 Å². The van der Waals surface area contributed by atoms with E-state index in [1.807, 2.05) is 67.6 Å². The summed E-state index contributed by atoms with van der Waals surface area (Å²) in [6.45, 7) is 5.62. The van der Waals surface area contributed by atoms with E-state index in [1.165, 1.54) is 0 Å². The largest absolute Gasteiger partial charge is 0.497 e. The van der Waals surface area contributed by atoms with Gasteiger partial charge in [0.1, 0.15) is 11.5 Å². The van der Waals surface area contributed by atoms with Crippen LogP contribution in [0.15, 0.2) is 91.0 Å². The zero-order chi connectivity index (χ0) is 37.9. The molecule has 8 rings (SSSR count). The van der Waals surface area contributed by atoms with Gasteiger partial charge in [0, 0.05) is 29.3 Å². The van der Waals surface area contributed by atoms with E-state index in [0.29, 0.717) is 58.4 Å². The van der Waals surface area contributed by atoms with Crippen molar-refractivity contribution in [2.45, 2.75) is 69.1 Å². The molecule has 1 N–H and O–H groups in total. The smallest absolute Gasteiger partial charge is 0.266 e. The molecule has 4 aliphatic heterocycles.